The number of anilines is 1. The van der Waals surface area contributed by atoms with Crippen molar-refractivity contribution in [2.24, 2.45) is 0 Å². The molecule has 10 heteroatoms. The minimum atomic E-state index is -4.16. The highest BCUT2D eigenvalue weighted by Crippen LogP contribution is 2.28. The van der Waals surface area contributed by atoms with Crippen LogP contribution in [0.4, 0.5) is 5.69 Å². The van der Waals surface area contributed by atoms with Gasteiger partial charge in [-0.3, -0.25) is 13.9 Å². The number of carbonyl (C=O) groups excluding carboxylic acids is 2. The number of hydrogen-bond acceptors (Lipinski definition) is 5. The Labute approximate surface area is 229 Å². The lowest BCUT2D eigenvalue weighted by Crippen LogP contribution is -2.51. The second-order valence-electron chi connectivity index (χ2n) is 8.70. The Kier molecular flexibility index (Phi) is 9.77. The molecular formula is C28H32ClN3O5S. The number of aryl methyl sites for hydroxylation is 1. The van der Waals surface area contributed by atoms with Crippen LogP contribution in [0.3, 0.4) is 0 Å². The number of likely N-dealkylation sites (N-methyl/N-ethyl adjacent to an activating group) is 1. The van der Waals surface area contributed by atoms with Gasteiger partial charge in [-0.1, -0.05) is 41.9 Å². The van der Waals surface area contributed by atoms with Crippen LogP contribution in [-0.2, 0) is 26.2 Å². The van der Waals surface area contributed by atoms with E-state index in [9.17, 15) is 18.0 Å². The van der Waals surface area contributed by atoms with Gasteiger partial charge in [0.2, 0.25) is 11.8 Å². The van der Waals surface area contributed by atoms with Crippen molar-refractivity contribution < 1.29 is 22.7 Å². The molecule has 38 heavy (non-hydrogen) atoms. The van der Waals surface area contributed by atoms with E-state index in [1.165, 1.54) is 29.2 Å². The fourth-order valence-electron chi connectivity index (χ4n) is 3.96. The number of methoxy groups -OCH3 is 1. The summed E-state index contributed by atoms with van der Waals surface area (Å²) < 4.78 is 34.0. The van der Waals surface area contributed by atoms with Crippen molar-refractivity contribution in [2.45, 2.75) is 38.3 Å². The Balaban J connectivity index is 2.04. The van der Waals surface area contributed by atoms with Gasteiger partial charge in [-0.2, -0.15) is 0 Å². The number of nitrogens with zero attached hydrogens (tertiary/aromatic N) is 2. The van der Waals surface area contributed by atoms with Crippen LogP contribution < -0.4 is 14.4 Å². The van der Waals surface area contributed by atoms with Gasteiger partial charge in [-0.05, 0) is 74.4 Å². The number of rotatable bonds is 11. The summed E-state index contributed by atoms with van der Waals surface area (Å²) in [5.74, 6) is -0.272. The molecule has 3 rings (SSSR count). The first-order valence-corrected chi connectivity index (χ1v) is 13.9. The zero-order chi connectivity index (χ0) is 27.9. The molecule has 0 aliphatic rings. The van der Waals surface area contributed by atoms with Gasteiger partial charge in [0, 0.05) is 18.1 Å². The van der Waals surface area contributed by atoms with E-state index in [4.69, 9.17) is 16.3 Å². The van der Waals surface area contributed by atoms with Gasteiger partial charge >= 0.3 is 0 Å². The Morgan fingerprint density at radius 3 is 2.34 bits per heavy atom. The number of benzene rings is 3. The molecule has 0 bridgehead atoms. The largest absolute Gasteiger partial charge is 0.497 e. The maximum Gasteiger partial charge on any atom is 0.264 e. The van der Waals surface area contributed by atoms with Gasteiger partial charge in [-0.25, -0.2) is 8.42 Å². The lowest BCUT2D eigenvalue weighted by atomic mass is 10.1. The van der Waals surface area contributed by atoms with E-state index >= 15 is 0 Å². The Hall–Kier alpha value is -3.56. The van der Waals surface area contributed by atoms with Crippen molar-refractivity contribution in [2.75, 3.05) is 24.5 Å². The molecule has 8 nitrogen and oxygen atoms in total. The molecule has 1 atom stereocenters. The standard InChI is InChI=1S/C28H32ClN3O5S/c1-5-30-28(34)21(3)31(18-22-10-8-11-24(17-22)37-4)27(33)19-32(26-12-7-6-9-20(26)2)38(35,36)25-15-13-23(29)14-16-25/h6-17,21H,5,18-19H2,1-4H3,(H,30,34). The average Bonchev–Trinajstić information content (AvgIpc) is 2.90. The van der Waals surface area contributed by atoms with Crippen LogP contribution in [0.15, 0.2) is 77.7 Å². The smallest absolute Gasteiger partial charge is 0.264 e. The van der Waals surface area contributed by atoms with Crippen molar-refractivity contribution in [1.29, 1.82) is 0 Å². The van der Waals surface area contributed by atoms with Crippen LogP contribution in [0.25, 0.3) is 0 Å². The summed E-state index contributed by atoms with van der Waals surface area (Å²) in [6, 6.07) is 19.0. The predicted molar refractivity (Wildman–Crippen MR) is 149 cm³/mol. The number of para-hydroxylation sites is 1. The van der Waals surface area contributed by atoms with Crippen molar-refractivity contribution in [1.82, 2.24) is 10.2 Å². The van der Waals surface area contributed by atoms with Crippen LogP contribution >= 0.6 is 11.6 Å². The lowest BCUT2D eigenvalue weighted by molar-refractivity contribution is -0.139. The first-order chi connectivity index (χ1) is 18.1. The van der Waals surface area contributed by atoms with Crippen molar-refractivity contribution >= 4 is 39.1 Å². The Morgan fingerprint density at radius 2 is 1.71 bits per heavy atom. The quantitative estimate of drug-likeness (QED) is 0.377. The monoisotopic (exact) mass is 557 g/mol. The first-order valence-electron chi connectivity index (χ1n) is 12.1. The summed E-state index contributed by atoms with van der Waals surface area (Å²) in [4.78, 5) is 28.0. The fourth-order valence-corrected chi connectivity index (χ4v) is 5.57. The summed E-state index contributed by atoms with van der Waals surface area (Å²) in [7, 11) is -2.61. The van der Waals surface area contributed by atoms with Gasteiger partial charge in [0.15, 0.2) is 0 Å². The van der Waals surface area contributed by atoms with Crippen LogP contribution in [0.2, 0.25) is 5.02 Å². The molecule has 1 unspecified atom stereocenters. The van der Waals surface area contributed by atoms with E-state index in [2.05, 4.69) is 5.32 Å². The lowest BCUT2D eigenvalue weighted by Gasteiger charge is -2.32. The first kappa shape index (κ1) is 29.0. The second kappa shape index (κ2) is 12.8. The third-order valence-corrected chi connectivity index (χ3v) is 8.10. The number of nitrogens with one attached hydrogen (secondary N) is 1. The summed E-state index contributed by atoms with van der Waals surface area (Å²) in [5, 5.41) is 3.13. The van der Waals surface area contributed by atoms with Crippen LogP contribution in [-0.4, -0.2) is 51.4 Å². The summed E-state index contributed by atoms with van der Waals surface area (Å²) in [6.07, 6.45) is 0. The molecule has 0 aliphatic carbocycles. The van der Waals surface area contributed by atoms with Gasteiger partial charge in [0.25, 0.3) is 10.0 Å². The van der Waals surface area contributed by atoms with Crippen LogP contribution in [0.1, 0.15) is 25.0 Å². The van der Waals surface area contributed by atoms with E-state index in [1.807, 2.05) is 6.07 Å². The van der Waals surface area contributed by atoms with E-state index in [0.29, 0.717) is 28.6 Å². The molecule has 3 aromatic carbocycles. The molecule has 0 saturated heterocycles. The van der Waals surface area contributed by atoms with Crippen LogP contribution in [0, 0.1) is 6.92 Å². The zero-order valence-corrected chi connectivity index (χ0v) is 23.4. The maximum absolute atomic E-state index is 13.9. The third-order valence-electron chi connectivity index (χ3n) is 6.07. The number of ether oxygens (including phenoxy) is 1. The Morgan fingerprint density at radius 1 is 1.03 bits per heavy atom. The molecule has 202 valence electrons. The summed E-state index contributed by atoms with van der Waals surface area (Å²) in [5.41, 5.74) is 1.77. The van der Waals surface area contributed by atoms with Gasteiger partial charge < -0.3 is 15.0 Å². The molecule has 2 amide bonds. The number of amides is 2. The number of hydrogen-bond donors (Lipinski definition) is 1. The molecule has 0 aliphatic heterocycles. The number of halogens is 1. The molecule has 3 aromatic rings. The molecule has 0 heterocycles. The molecular weight excluding hydrogens is 526 g/mol. The molecule has 0 spiro atoms. The van der Waals surface area contributed by atoms with Crippen molar-refractivity contribution in [3.05, 3.63) is 88.9 Å². The van der Waals surface area contributed by atoms with Gasteiger partial charge in [0.05, 0.1) is 17.7 Å². The summed E-state index contributed by atoms with van der Waals surface area (Å²) >= 11 is 5.98. The fraction of sp³-hybridized carbons (Fsp3) is 0.286. The molecule has 0 saturated carbocycles. The van der Waals surface area contributed by atoms with Crippen molar-refractivity contribution in [3.8, 4) is 5.75 Å². The topological polar surface area (TPSA) is 96.0 Å². The SMILES string of the molecule is CCNC(=O)C(C)N(Cc1cccc(OC)c1)C(=O)CN(c1ccccc1C)S(=O)(=O)c1ccc(Cl)cc1. The Bertz CT molecular complexity index is 1380. The van der Waals surface area contributed by atoms with E-state index in [-0.39, 0.29) is 17.3 Å². The molecule has 0 radical (unpaired) electrons. The van der Waals surface area contributed by atoms with Crippen molar-refractivity contribution in [3.63, 3.8) is 0 Å². The summed E-state index contributed by atoms with van der Waals surface area (Å²) in [6.45, 7) is 5.15. The number of carbonyl (C=O) groups is 2. The average molecular weight is 558 g/mol. The normalized spacial score (nSPS) is 11.9. The zero-order valence-electron chi connectivity index (χ0n) is 21.8. The minimum Gasteiger partial charge on any atom is -0.497 e. The number of sulfonamides is 1. The maximum atomic E-state index is 13.9. The van der Waals surface area contributed by atoms with E-state index < -0.39 is 28.5 Å². The highest BCUT2D eigenvalue weighted by Gasteiger charge is 2.33. The van der Waals surface area contributed by atoms with Gasteiger partial charge in [-0.15, -0.1) is 0 Å². The van der Waals surface area contributed by atoms with Gasteiger partial charge in [0.1, 0.15) is 18.3 Å². The highest BCUT2D eigenvalue weighted by atomic mass is 35.5. The predicted octanol–water partition coefficient (Wildman–Crippen LogP) is 4.41. The minimum absolute atomic E-state index is 0.00549. The molecule has 0 aromatic heterocycles. The van der Waals surface area contributed by atoms with Crippen LogP contribution in [0.5, 0.6) is 5.75 Å². The molecule has 0 fully saturated rings. The molecule has 1 N–H and O–H groups in total. The van der Waals surface area contributed by atoms with E-state index in [0.717, 1.165) is 9.87 Å². The van der Waals surface area contributed by atoms with E-state index in [1.54, 1.807) is 70.3 Å². The third kappa shape index (κ3) is 6.85. The highest BCUT2D eigenvalue weighted by molar-refractivity contribution is 7.92. The second-order valence-corrected chi connectivity index (χ2v) is 11.0.